The lowest BCUT2D eigenvalue weighted by Crippen LogP contribution is -2.47. The molecule has 27 heavy (non-hydrogen) atoms. The van der Waals surface area contributed by atoms with Crippen LogP contribution in [0.1, 0.15) is 45.2 Å². The van der Waals surface area contributed by atoms with Crippen LogP contribution in [0.5, 0.6) is 0 Å². The smallest absolute Gasteiger partial charge is 0.410 e. The lowest BCUT2D eigenvalue weighted by molar-refractivity contribution is -0.384. The van der Waals surface area contributed by atoms with Gasteiger partial charge in [-0.05, 0) is 39.2 Å². The molecule has 0 aliphatic carbocycles. The number of hydrazine groups is 1. The van der Waals surface area contributed by atoms with Crippen LogP contribution in [0.25, 0.3) is 0 Å². The molecule has 148 valence electrons. The minimum atomic E-state index is -0.497. The van der Waals surface area contributed by atoms with Gasteiger partial charge in [0.15, 0.2) is 0 Å². The molecule has 2 fully saturated rings. The number of nitrogens with zero attached hydrogens (tertiary/aromatic N) is 3. The molecule has 0 radical (unpaired) electrons. The SMILES string of the molecule is CN1CC2(CCN(C(=O)OC(C)(C)C)CC2)C(c2ccc([N+](=O)[O-])cc2)N1. The molecule has 2 aliphatic rings. The normalized spacial score (nSPS) is 22.8. The molecule has 1 N–H and O–H groups in total. The summed E-state index contributed by atoms with van der Waals surface area (Å²) in [5, 5.41) is 13.0. The third-order valence-electron chi connectivity index (χ3n) is 5.36. The van der Waals surface area contributed by atoms with Crippen LogP contribution in [0, 0.1) is 15.5 Å². The van der Waals surface area contributed by atoms with E-state index in [2.05, 4.69) is 10.4 Å². The van der Waals surface area contributed by atoms with E-state index < -0.39 is 5.60 Å². The summed E-state index contributed by atoms with van der Waals surface area (Å²) in [7, 11) is 2.01. The van der Waals surface area contributed by atoms with Crippen LogP contribution in [0.4, 0.5) is 10.5 Å². The van der Waals surface area contributed by atoms with E-state index in [1.807, 2.05) is 40.0 Å². The van der Waals surface area contributed by atoms with Crippen LogP contribution in [0.15, 0.2) is 24.3 Å². The first-order chi connectivity index (χ1) is 12.6. The number of hydrogen-bond acceptors (Lipinski definition) is 6. The second kappa shape index (κ2) is 7.09. The van der Waals surface area contributed by atoms with Crippen molar-refractivity contribution in [3.8, 4) is 0 Å². The number of amides is 1. The van der Waals surface area contributed by atoms with Gasteiger partial charge in [-0.15, -0.1) is 0 Å². The van der Waals surface area contributed by atoms with E-state index in [4.69, 9.17) is 4.74 Å². The van der Waals surface area contributed by atoms with Gasteiger partial charge in [0.05, 0.1) is 11.0 Å². The monoisotopic (exact) mass is 376 g/mol. The van der Waals surface area contributed by atoms with Crippen LogP contribution in [0.3, 0.4) is 0 Å². The van der Waals surface area contributed by atoms with Gasteiger partial charge < -0.3 is 9.64 Å². The lowest BCUT2D eigenvalue weighted by Gasteiger charge is -2.42. The Kier molecular flexibility index (Phi) is 5.14. The van der Waals surface area contributed by atoms with Gasteiger partial charge in [-0.3, -0.25) is 10.1 Å². The Balaban J connectivity index is 1.73. The summed E-state index contributed by atoms with van der Waals surface area (Å²) >= 11 is 0. The fraction of sp³-hybridized carbons (Fsp3) is 0.632. The largest absolute Gasteiger partial charge is 0.444 e. The maximum absolute atomic E-state index is 12.3. The van der Waals surface area contributed by atoms with Crippen molar-refractivity contribution >= 4 is 11.8 Å². The number of carbonyl (C=O) groups is 1. The third kappa shape index (κ3) is 4.22. The first kappa shape index (κ1) is 19.6. The molecule has 1 aromatic rings. The number of nitro groups is 1. The predicted molar refractivity (Wildman–Crippen MR) is 101 cm³/mol. The first-order valence-electron chi connectivity index (χ1n) is 9.29. The van der Waals surface area contributed by atoms with Gasteiger partial charge in [-0.1, -0.05) is 12.1 Å². The molecule has 1 aromatic carbocycles. The molecule has 2 aliphatic heterocycles. The van der Waals surface area contributed by atoms with Crippen LogP contribution in [0.2, 0.25) is 0 Å². The summed E-state index contributed by atoms with van der Waals surface area (Å²) < 4.78 is 5.49. The Morgan fingerprint density at radius 3 is 2.37 bits per heavy atom. The molecule has 0 aromatic heterocycles. The van der Waals surface area contributed by atoms with Crippen molar-refractivity contribution in [1.29, 1.82) is 0 Å². The third-order valence-corrected chi connectivity index (χ3v) is 5.36. The van der Waals surface area contributed by atoms with E-state index in [9.17, 15) is 14.9 Å². The Bertz CT molecular complexity index is 705. The van der Waals surface area contributed by atoms with E-state index >= 15 is 0 Å². The van der Waals surface area contributed by atoms with Crippen molar-refractivity contribution in [2.24, 2.45) is 5.41 Å². The average Bonchev–Trinajstić information content (AvgIpc) is 2.90. The van der Waals surface area contributed by atoms with Gasteiger partial charge in [0, 0.05) is 44.2 Å². The molecule has 3 rings (SSSR count). The van der Waals surface area contributed by atoms with Crippen molar-refractivity contribution in [3.63, 3.8) is 0 Å². The van der Waals surface area contributed by atoms with Crippen LogP contribution < -0.4 is 5.43 Å². The molecular weight excluding hydrogens is 348 g/mol. The van der Waals surface area contributed by atoms with Crippen LogP contribution >= 0.6 is 0 Å². The second-order valence-electron chi connectivity index (χ2n) is 8.60. The highest BCUT2D eigenvalue weighted by atomic mass is 16.6. The Labute approximate surface area is 159 Å². The molecule has 0 saturated carbocycles. The van der Waals surface area contributed by atoms with Crippen LogP contribution in [-0.2, 0) is 4.74 Å². The van der Waals surface area contributed by atoms with Gasteiger partial charge in [0.25, 0.3) is 5.69 Å². The fourth-order valence-corrected chi connectivity index (χ4v) is 4.09. The zero-order chi connectivity index (χ0) is 19.8. The summed E-state index contributed by atoms with van der Waals surface area (Å²) in [5.41, 5.74) is 4.12. The molecule has 2 saturated heterocycles. The maximum atomic E-state index is 12.3. The number of likely N-dealkylation sites (tertiary alicyclic amines) is 1. The first-order valence-corrected chi connectivity index (χ1v) is 9.29. The van der Waals surface area contributed by atoms with Crippen molar-refractivity contribution in [2.45, 2.75) is 45.3 Å². The number of rotatable bonds is 2. The molecule has 1 spiro atoms. The zero-order valence-corrected chi connectivity index (χ0v) is 16.4. The number of non-ortho nitro benzene ring substituents is 1. The molecular formula is C19H28N4O4. The quantitative estimate of drug-likeness (QED) is 0.630. The van der Waals surface area contributed by atoms with Crippen molar-refractivity contribution < 1.29 is 14.5 Å². The van der Waals surface area contributed by atoms with E-state index in [1.54, 1.807) is 17.0 Å². The van der Waals surface area contributed by atoms with E-state index in [0.29, 0.717) is 13.1 Å². The molecule has 1 atom stereocenters. The summed E-state index contributed by atoms with van der Waals surface area (Å²) in [5.74, 6) is 0. The maximum Gasteiger partial charge on any atom is 0.410 e. The Hall–Kier alpha value is -2.19. The summed E-state index contributed by atoms with van der Waals surface area (Å²) in [4.78, 5) is 24.7. The summed E-state index contributed by atoms with van der Waals surface area (Å²) in [6.45, 7) is 7.78. The van der Waals surface area contributed by atoms with Crippen molar-refractivity contribution in [3.05, 3.63) is 39.9 Å². The number of piperidine rings is 1. The summed E-state index contributed by atoms with van der Waals surface area (Å²) in [6.07, 6.45) is 1.44. The molecule has 0 bridgehead atoms. The van der Waals surface area contributed by atoms with Gasteiger partial charge in [-0.25, -0.2) is 15.2 Å². The molecule has 2 heterocycles. The Morgan fingerprint density at radius 2 is 1.85 bits per heavy atom. The van der Waals surface area contributed by atoms with Gasteiger partial charge in [0.1, 0.15) is 5.60 Å². The average molecular weight is 376 g/mol. The molecule has 8 nitrogen and oxygen atoms in total. The van der Waals surface area contributed by atoms with Crippen molar-refractivity contribution in [2.75, 3.05) is 26.7 Å². The van der Waals surface area contributed by atoms with Crippen LogP contribution in [-0.4, -0.2) is 53.2 Å². The number of nitrogens with one attached hydrogen (secondary N) is 1. The van der Waals surface area contributed by atoms with Gasteiger partial charge in [0.2, 0.25) is 0 Å². The molecule has 1 unspecified atom stereocenters. The number of ether oxygens (including phenoxy) is 1. The predicted octanol–water partition coefficient (Wildman–Crippen LogP) is 3.10. The molecule has 1 amide bonds. The number of benzene rings is 1. The van der Waals surface area contributed by atoms with Crippen molar-refractivity contribution in [1.82, 2.24) is 15.3 Å². The number of nitro benzene ring substituents is 1. The highest BCUT2D eigenvalue weighted by Crippen LogP contribution is 2.47. The topological polar surface area (TPSA) is 88.0 Å². The highest BCUT2D eigenvalue weighted by molar-refractivity contribution is 5.68. The number of carbonyl (C=O) groups excluding carboxylic acids is 1. The minimum Gasteiger partial charge on any atom is -0.444 e. The number of hydrogen-bond donors (Lipinski definition) is 1. The molecule has 8 heteroatoms. The highest BCUT2D eigenvalue weighted by Gasteiger charge is 2.48. The zero-order valence-electron chi connectivity index (χ0n) is 16.4. The standard InChI is InChI=1S/C19H28N4O4/c1-18(2,3)27-17(24)22-11-9-19(10-12-22)13-21(4)20-16(19)14-5-7-15(8-6-14)23(25)26/h5-8,16,20H,9-13H2,1-4H3. The minimum absolute atomic E-state index is 0.0105. The lowest BCUT2D eigenvalue weighted by atomic mass is 9.71. The Morgan fingerprint density at radius 1 is 1.26 bits per heavy atom. The fourth-order valence-electron chi connectivity index (χ4n) is 4.09. The van der Waals surface area contributed by atoms with E-state index in [0.717, 1.165) is 24.9 Å². The van der Waals surface area contributed by atoms with Gasteiger partial charge in [-0.2, -0.15) is 0 Å². The van der Waals surface area contributed by atoms with E-state index in [-0.39, 0.29) is 28.2 Å². The van der Waals surface area contributed by atoms with E-state index in [1.165, 1.54) is 0 Å². The van der Waals surface area contributed by atoms with Gasteiger partial charge >= 0.3 is 6.09 Å². The second-order valence-corrected chi connectivity index (χ2v) is 8.60. The summed E-state index contributed by atoms with van der Waals surface area (Å²) in [6, 6.07) is 6.84.